The van der Waals surface area contributed by atoms with Gasteiger partial charge in [0.25, 0.3) is 0 Å². The van der Waals surface area contributed by atoms with Crippen LogP contribution in [0.3, 0.4) is 0 Å². The maximum Gasteiger partial charge on any atom is 0.237 e. The molecule has 0 bridgehead atoms. The summed E-state index contributed by atoms with van der Waals surface area (Å²) in [6.45, 7) is 8.57. The predicted molar refractivity (Wildman–Crippen MR) is 143 cm³/mol. The summed E-state index contributed by atoms with van der Waals surface area (Å²) in [7, 11) is 0. The van der Waals surface area contributed by atoms with Gasteiger partial charge >= 0.3 is 0 Å². The van der Waals surface area contributed by atoms with E-state index in [1.54, 1.807) is 0 Å². The summed E-state index contributed by atoms with van der Waals surface area (Å²) in [4.78, 5) is 15.3. The zero-order valence-corrected chi connectivity index (χ0v) is 21.4. The number of benzene rings is 3. The van der Waals surface area contributed by atoms with Crippen molar-refractivity contribution in [3.05, 3.63) is 89.5 Å². The van der Waals surface area contributed by atoms with Crippen LogP contribution in [0.2, 0.25) is 0 Å². The van der Waals surface area contributed by atoms with E-state index in [4.69, 9.17) is 0 Å². The van der Waals surface area contributed by atoms with Gasteiger partial charge in [-0.2, -0.15) is 0 Å². The van der Waals surface area contributed by atoms with Crippen LogP contribution in [-0.2, 0) is 11.2 Å². The lowest BCUT2D eigenvalue weighted by Crippen LogP contribution is -2.37. The predicted octanol–water partition coefficient (Wildman–Crippen LogP) is 6.44. The van der Waals surface area contributed by atoms with E-state index in [0.29, 0.717) is 11.7 Å². The normalized spacial score (nSPS) is 15.0. The van der Waals surface area contributed by atoms with Crippen molar-refractivity contribution in [2.45, 2.75) is 51.2 Å². The molecule has 0 saturated carbocycles. The van der Waals surface area contributed by atoms with Gasteiger partial charge in [0.15, 0.2) is 11.0 Å². The lowest BCUT2D eigenvalue weighted by Gasteiger charge is -2.22. The average molecular weight is 483 g/mol. The second kappa shape index (κ2) is 9.70. The number of aromatic nitrogens is 3. The van der Waals surface area contributed by atoms with Crippen molar-refractivity contribution in [1.29, 1.82) is 0 Å². The molecule has 0 fully saturated rings. The number of hydrogen-bond acceptors (Lipinski definition) is 4. The Kier molecular flexibility index (Phi) is 6.48. The van der Waals surface area contributed by atoms with E-state index in [1.807, 2.05) is 29.2 Å². The van der Waals surface area contributed by atoms with Crippen molar-refractivity contribution in [1.82, 2.24) is 14.8 Å². The van der Waals surface area contributed by atoms with E-state index in [1.165, 1.54) is 28.5 Å². The third-order valence-corrected chi connectivity index (χ3v) is 7.46. The Bertz CT molecular complexity index is 1360. The number of rotatable bonds is 6. The van der Waals surface area contributed by atoms with Crippen molar-refractivity contribution in [3.8, 4) is 17.1 Å². The van der Waals surface area contributed by atoms with Crippen LogP contribution >= 0.6 is 11.8 Å². The average Bonchev–Trinajstić information content (AvgIpc) is 3.43. The first-order valence-electron chi connectivity index (χ1n) is 12.1. The van der Waals surface area contributed by atoms with Gasteiger partial charge in [0, 0.05) is 17.3 Å². The molecule has 6 heteroatoms. The lowest BCUT2D eigenvalue weighted by atomic mass is 10.0. The number of para-hydroxylation sites is 2. The van der Waals surface area contributed by atoms with Gasteiger partial charge < -0.3 is 4.90 Å². The van der Waals surface area contributed by atoms with Crippen LogP contribution in [0.4, 0.5) is 5.69 Å². The van der Waals surface area contributed by atoms with E-state index >= 15 is 0 Å². The zero-order chi connectivity index (χ0) is 24.5. The van der Waals surface area contributed by atoms with Gasteiger partial charge in [-0.3, -0.25) is 9.36 Å². The van der Waals surface area contributed by atoms with Crippen molar-refractivity contribution in [2.75, 3.05) is 10.7 Å². The number of amides is 1. The summed E-state index contributed by atoms with van der Waals surface area (Å²) in [5.74, 6) is 1.51. The van der Waals surface area contributed by atoms with Gasteiger partial charge in [0.2, 0.25) is 5.91 Å². The molecule has 3 aromatic carbocycles. The molecule has 0 saturated heterocycles. The van der Waals surface area contributed by atoms with Crippen LogP contribution in [0.1, 0.15) is 43.4 Å². The highest BCUT2D eigenvalue weighted by Gasteiger charge is 2.31. The molecule has 0 N–H and O–H groups in total. The number of nitrogens with zero attached hydrogens (tertiary/aromatic N) is 4. The van der Waals surface area contributed by atoms with Crippen LogP contribution in [0.25, 0.3) is 17.1 Å². The second-order valence-corrected chi connectivity index (χ2v) is 10.4. The molecule has 1 atom stereocenters. The minimum absolute atomic E-state index is 0.0935. The highest BCUT2D eigenvalue weighted by Crippen LogP contribution is 2.35. The van der Waals surface area contributed by atoms with E-state index < -0.39 is 0 Å². The molecule has 0 aliphatic carbocycles. The summed E-state index contributed by atoms with van der Waals surface area (Å²) in [6, 6.07) is 25.1. The van der Waals surface area contributed by atoms with Crippen molar-refractivity contribution in [2.24, 2.45) is 0 Å². The zero-order valence-electron chi connectivity index (χ0n) is 20.6. The van der Waals surface area contributed by atoms with E-state index in [0.717, 1.165) is 34.3 Å². The minimum atomic E-state index is 0.0935. The summed E-state index contributed by atoms with van der Waals surface area (Å²) in [5.41, 5.74) is 6.73. The second-order valence-electron chi connectivity index (χ2n) is 9.46. The maximum atomic E-state index is 13.4. The number of aryl methyl sites for hydroxylation is 1. The van der Waals surface area contributed by atoms with Crippen molar-refractivity contribution >= 4 is 23.4 Å². The van der Waals surface area contributed by atoms with Gasteiger partial charge in [0.05, 0.1) is 11.4 Å². The highest BCUT2D eigenvalue weighted by molar-refractivity contribution is 7.99. The number of thioether (sulfide) groups is 1. The van der Waals surface area contributed by atoms with Crippen LogP contribution in [-0.4, -0.2) is 32.5 Å². The van der Waals surface area contributed by atoms with Gasteiger partial charge in [0.1, 0.15) is 0 Å². The molecule has 1 amide bonds. The van der Waals surface area contributed by atoms with Crippen molar-refractivity contribution in [3.63, 3.8) is 0 Å². The Labute approximate surface area is 211 Å². The molecule has 0 spiro atoms. The first-order chi connectivity index (χ1) is 16.9. The summed E-state index contributed by atoms with van der Waals surface area (Å²) in [6.07, 6.45) is 0.891. The number of anilines is 1. The van der Waals surface area contributed by atoms with Gasteiger partial charge in [-0.1, -0.05) is 91.8 Å². The van der Waals surface area contributed by atoms with Crippen LogP contribution in [0.5, 0.6) is 0 Å². The quantitative estimate of drug-likeness (QED) is 0.297. The number of carbonyl (C=O) groups is 1. The molecular weight excluding hydrogens is 452 g/mol. The van der Waals surface area contributed by atoms with E-state index in [2.05, 4.69) is 91.0 Å². The lowest BCUT2D eigenvalue weighted by molar-refractivity contribution is -0.116. The molecule has 1 aliphatic heterocycles. The Morgan fingerprint density at radius 2 is 1.66 bits per heavy atom. The fourth-order valence-electron chi connectivity index (χ4n) is 4.79. The molecule has 178 valence electrons. The van der Waals surface area contributed by atoms with Crippen LogP contribution in [0.15, 0.2) is 78.0 Å². The molecule has 5 rings (SSSR count). The van der Waals surface area contributed by atoms with Crippen molar-refractivity contribution < 1.29 is 4.79 Å². The molecule has 2 heterocycles. The summed E-state index contributed by atoms with van der Waals surface area (Å²) in [5, 5.41) is 9.87. The van der Waals surface area contributed by atoms with Crippen LogP contribution in [0, 0.1) is 6.92 Å². The van der Waals surface area contributed by atoms with Crippen LogP contribution < -0.4 is 4.90 Å². The fraction of sp³-hybridized carbons (Fsp3) is 0.276. The Morgan fingerprint density at radius 1 is 0.971 bits per heavy atom. The Hall–Kier alpha value is -3.38. The van der Waals surface area contributed by atoms with Gasteiger partial charge in [-0.05, 0) is 49.4 Å². The van der Waals surface area contributed by atoms with E-state index in [-0.39, 0.29) is 11.9 Å². The number of fused-ring (bicyclic) bond motifs is 1. The molecule has 1 aliphatic rings. The summed E-state index contributed by atoms with van der Waals surface area (Å²) < 4.78 is 2.11. The van der Waals surface area contributed by atoms with Gasteiger partial charge in [-0.25, -0.2) is 0 Å². The smallest absolute Gasteiger partial charge is 0.237 e. The Balaban J connectivity index is 1.50. The Morgan fingerprint density at radius 3 is 2.40 bits per heavy atom. The molecule has 1 aromatic heterocycles. The topological polar surface area (TPSA) is 51.0 Å². The third-order valence-electron chi connectivity index (χ3n) is 6.54. The standard InChI is InChI=1S/C29H30N4OS/c1-19(2)24-10-6-8-12-26(24)33-28(22-15-13-20(3)14-16-22)30-31-29(33)35-18-27(34)32-21(4)17-23-9-5-7-11-25(23)32/h5-16,19,21H,17-18H2,1-4H3. The van der Waals surface area contributed by atoms with E-state index in [9.17, 15) is 4.79 Å². The maximum absolute atomic E-state index is 13.4. The number of carbonyl (C=O) groups excluding carboxylic acids is 1. The number of hydrogen-bond donors (Lipinski definition) is 0. The highest BCUT2D eigenvalue weighted by atomic mass is 32.2. The first kappa shape index (κ1) is 23.4. The summed E-state index contributed by atoms with van der Waals surface area (Å²) >= 11 is 1.45. The SMILES string of the molecule is Cc1ccc(-c2nnc(SCC(=O)N3c4ccccc4CC3C)n2-c2ccccc2C(C)C)cc1. The molecule has 4 aromatic rings. The first-order valence-corrected chi connectivity index (χ1v) is 13.1. The molecule has 1 unspecified atom stereocenters. The monoisotopic (exact) mass is 482 g/mol. The van der Waals surface area contributed by atoms with Gasteiger partial charge in [-0.15, -0.1) is 10.2 Å². The minimum Gasteiger partial charge on any atom is -0.308 e. The fourth-order valence-corrected chi connectivity index (χ4v) is 5.60. The largest absolute Gasteiger partial charge is 0.308 e. The molecular formula is C29H30N4OS. The molecule has 0 radical (unpaired) electrons. The third kappa shape index (κ3) is 4.50. The molecule has 5 nitrogen and oxygen atoms in total. The molecule has 35 heavy (non-hydrogen) atoms.